The van der Waals surface area contributed by atoms with E-state index < -0.39 is 0 Å². The first-order valence-corrected chi connectivity index (χ1v) is 6.76. The zero-order chi connectivity index (χ0) is 11.9. The summed E-state index contributed by atoms with van der Waals surface area (Å²) in [7, 11) is 0. The smallest absolute Gasteiger partial charge is 0.0469 e. The largest absolute Gasteiger partial charge is 0.381 e. The van der Waals surface area contributed by atoms with Crippen LogP contribution < -0.4 is 5.32 Å². The van der Waals surface area contributed by atoms with Crippen LogP contribution in [0, 0.1) is 5.92 Å². The number of ether oxygens (including phenoxy) is 1. The van der Waals surface area contributed by atoms with Gasteiger partial charge in [0, 0.05) is 19.3 Å². The van der Waals surface area contributed by atoms with E-state index in [0.29, 0.717) is 6.04 Å². The van der Waals surface area contributed by atoms with E-state index in [2.05, 4.69) is 42.6 Å². The standard InChI is InChI=1S/C15H23NO/c1-2-15(14-6-4-3-5-7-14)16-12-13-8-10-17-11-9-13/h3-7,13,15-16H,2,8-12H2,1H3. The first-order valence-electron chi connectivity index (χ1n) is 6.76. The predicted octanol–water partition coefficient (Wildman–Crippen LogP) is 3.15. The lowest BCUT2D eigenvalue weighted by molar-refractivity contribution is 0.0654. The van der Waals surface area contributed by atoms with Gasteiger partial charge in [-0.2, -0.15) is 0 Å². The fraction of sp³-hybridized carbons (Fsp3) is 0.600. The van der Waals surface area contributed by atoms with Crippen molar-refractivity contribution in [3.63, 3.8) is 0 Å². The molecule has 17 heavy (non-hydrogen) atoms. The van der Waals surface area contributed by atoms with E-state index in [1.54, 1.807) is 0 Å². The van der Waals surface area contributed by atoms with Gasteiger partial charge in [-0.05, 0) is 37.3 Å². The summed E-state index contributed by atoms with van der Waals surface area (Å²) in [6.45, 7) is 5.24. The molecule has 0 aliphatic carbocycles. The third kappa shape index (κ3) is 3.83. The van der Waals surface area contributed by atoms with E-state index in [4.69, 9.17) is 4.74 Å². The van der Waals surface area contributed by atoms with Gasteiger partial charge < -0.3 is 10.1 Å². The zero-order valence-electron chi connectivity index (χ0n) is 10.7. The molecule has 2 rings (SSSR count). The van der Waals surface area contributed by atoms with E-state index in [1.165, 1.54) is 18.4 Å². The molecule has 0 bridgehead atoms. The Labute approximate surface area is 104 Å². The van der Waals surface area contributed by atoms with Gasteiger partial charge >= 0.3 is 0 Å². The van der Waals surface area contributed by atoms with Gasteiger partial charge in [0.15, 0.2) is 0 Å². The quantitative estimate of drug-likeness (QED) is 0.843. The molecule has 1 aliphatic rings. The molecule has 0 radical (unpaired) electrons. The van der Waals surface area contributed by atoms with Gasteiger partial charge in [0.25, 0.3) is 0 Å². The first-order chi connectivity index (χ1) is 8.40. The Hall–Kier alpha value is -0.860. The summed E-state index contributed by atoms with van der Waals surface area (Å²) in [6.07, 6.45) is 3.56. The van der Waals surface area contributed by atoms with E-state index in [9.17, 15) is 0 Å². The Kier molecular flexibility index (Phi) is 5.02. The normalized spacial score (nSPS) is 19.1. The molecule has 1 N–H and O–H groups in total. The van der Waals surface area contributed by atoms with Gasteiger partial charge in [-0.15, -0.1) is 0 Å². The second kappa shape index (κ2) is 6.77. The third-order valence-electron chi connectivity index (χ3n) is 3.60. The molecule has 0 aromatic heterocycles. The van der Waals surface area contributed by atoms with E-state index in [1.807, 2.05) is 0 Å². The molecule has 0 spiro atoms. The van der Waals surface area contributed by atoms with Crippen molar-refractivity contribution in [1.29, 1.82) is 0 Å². The Bertz CT molecular complexity index is 306. The van der Waals surface area contributed by atoms with Crippen molar-refractivity contribution >= 4 is 0 Å². The number of rotatable bonds is 5. The molecule has 1 aromatic rings. The fourth-order valence-electron chi connectivity index (χ4n) is 2.44. The highest BCUT2D eigenvalue weighted by molar-refractivity contribution is 5.18. The minimum atomic E-state index is 0.499. The number of benzene rings is 1. The maximum Gasteiger partial charge on any atom is 0.0469 e. The highest BCUT2D eigenvalue weighted by Crippen LogP contribution is 2.19. The van der Waals surface area contributed by atoms with Gasteiger partial charge in [0.2, 0.25) is 0 Å². The molecular weight excluding hydrogens is 210 g/mol. The number of hydrogen-bond donors (Lipinski definition) is 1. The van der Waals surface area contributed by atoms with Crippen molar-refractivity contribution < 1.29 is 4.74 Å². The topological polar surface area (TPSA) is 21.3 Å². The van der Waals surface area contributed by atoms with Crippen LogP contribution in [0.15, 0.2) is 30.3 Å². The van der Waals surface area contributed by atoms with Gasteiger partial charge in [-0.25, -0.2) is 0 Å². The van der Waals surface area contributed by atoms with Crippen LogP contribution in [0.1, 0.15) is 37.8 Å². The van der Waals surface area contributed by atoms with Crippen molar-refractivity contribution in [2.75, 3.05) is 19.8 Å². The van der Waals surface area contributed by atoms with E-state index in [-0.39, 0.29) is 0 Å². The molecule has 1 heterocycles. The van der Waals surface area contributed by atoms with Crippen molar-refractivity contribution in [2.24, 2.45) is 5.92 Å². The van der Waals surface area contributed by atoms with Gasteiger partial charge in [0.05, 0.1) is 0 Å². The van der Waals surface area contributed by atoms with Crippen LogP contribution in [0.5, 0.6) is 0 Å². The lowest BCUT2D eigenvalue weighted by Gasteiger charge is -2.25. The fourth-order valence-corrected chi connectivity index (χ4v) is 2.44. The van der Waals surface area contributed by atoms with Crippen molar-refractivity contribution in [2.45, 2.75) is 32.2 Å². The minimum Gasteiger partial charge on any atom is -0.381 e. The first kappa shape index (κ1) is 12.6. The molecule has 1 saturated heterocycles. The lowest BCUT2D eigenvalue weighted by atomic mass is 9.98. The lowest BCUT2D eigenvalue weighted by Crippen LogP contribution is -2.30. The van der Waals surface area contributed by atoms with E-state index >= 15 is 0 Å². The summed E-state index contributed by atoms with van der Waals surface area (Å²) in [5.41, 5.74) is 1.40. The predicted molar refractivity (Wildman–Crippen MR) is 71.0 cm³/mol. The molecule has 1 unspecified atom stereocenters. The van der Waals surface area contributed by atoms with Crippen LogP contribution in [0.3, 0.4) is 0 Å². The van der Waals surface area contributed by atoms with Gasteiger partial charge in [0.1, 0.15) is 0 Å². The van der Waals surface area contributed by atoms with Crippen LogP contribution in [0.25, 0.3) is 0 Å². The van der Waals surface area contributed by atoms with Crippen molar-refractivity contribution in [1.82, 2.24) is 5.32 Å². The Morgan fingerprint density at radius 1 is 1.24 bits per heavy atom. The summed E-state index contributed by atoms with van der Waals surface area (Å²) < 4.78 is 5.39. The Morgan fingerprint density at radius 3 is 2.59 bits per heavy atom. The van der Waals surface area contributed by atoms with Gasteiger partial charge in [-0.1, -0.05) is 37.3 Å². The summed E-state index contributed by atoms with van der Waals surface area (Å²) >= 11 is 0. The van der Waals surface area contributed by atoms with Crippen molar-refractivity contribution in [3.05, 3.63) is 35.9 Å². The van der Waals surface area contributed by atoms with E-state index in [0.717, 1.165) is 32.1 Å². The maximum atomic E-state index is 5.39. The Morgan fingerprint density at radius 2 is 1.94 bits per heavy atom. The molecule has 0 saturated carbocycles. The average Bonchev–Trinajstić information content (AvgIpc) is 2.42. The maximum absolute atomic E-state index is 5.39. The highest BCUT2D eigenvalue weighted by atomic mass is 16.5. The summed E-state index contributed by atoms with van der Waals surface area (Å²) in [5.74, 6) is 0.793. The van der Waals surface area contributed by atoms with Crippen LogP contribution in [0.2, 0.25) is 0 Å². The van der Waals surface area contributed by atoms with Crippen LogP contribution in [-0.4, -0.2) is 19.8 Å². The molecule has 2 heteroatoms. The number of hydrogen-bond acceptors (Lipinski definition) is 2. The average molecular weight is 233 g/mol. The zero-order valence-corrected chi connectivity index (χ0v) is 10.7. The highest BCUT2D eigenvalue weighted by Gasteiger charge is 2.15. The minimum absolute atomic E-state index is 0.499. The molecule has 2 nitrogen and oxygen atoms in total. The Balaban J connectivity index is 1.83. The molecule has 1 aromatic carbocycles. The molecule has 1 atom stereocenters. The van der Waals surface area contributed by atoms with Crippen molar-refractivity contribution in [3.8, 4) is 0 Å². The molecule has 94 valence electrons. The van der Waals surface area contributed by atoms with Crippen LogP contribution >= 0.6 is 0 Å². The number of nitrogens with one attached hydrogen (secondary N) is 1. The second-order valence-corrected chi connectivity index (χ2v) is 4.84. The molecule has 1 aliphatic heterocycles. The summed E-state index contributed by atoms with van der Waals surface area (Å²) in [6, 6.07) is 11.2. The monoisotopic (exact) mass is 233 g/mol. The SMILES string of the molecule is CCC(NCC1CCOCC1)c1ccccc1. The molecule has 0 amide bonds. The molecule has 1 fully saturated rings. The summed E-state index contributed by atoms with van der Waals surface area (Å²) in [5, 5.41) is 3.70. The second-order valence-electron chi connectivity index (χ2n) is 4.84. The molecular formula is C15H23NO. The third-order valence-corrected chi connectivity index (χ3v) is 3.60. The van der Waals surface area contributed by atoms with Gasteiger partial charge in [-0.3, -0.25) is 0 Å². The van der Waals surface area contributed by atoms with Crippen LogP contribution in [0.4, 0.5) is 0 Å². The van der Waals surface area contributed by atoms with Crippen LogP contribution in [-0.2, 0) is 4.74 Å². The summed E-state index contributed by atoms with van der Waals surface area (Å²) in [4.78, 5) is 0.